The van der Waals surface area contributed by atoms with Gasteiger partial charge in [-0.15, -0.1) is 0 Å². The molecule has 1 aromatic heterocycles. The maximum absolute atomic E-state index is 12.1. The number of carbonyl (C=O) groups excluding carboxylic acids is 1. The fourth-order valence-corrected chi connectivity index (χ4v) is 3.10. The summed E-state index contributed by atoms with van der Waals surface area (Å²) in [4.78, 5) is 18.6. The Balaban J connectivity index is 1.66. The first-order valence-electron chi connectivity index (χ1n) is 9.33. The molecule has 1 saturated heterocycles. The molecule has 0 unspecified atom stereocenters. The second kappa shape index (κ2) is 8.74. The van der Waals surface area contributed by atoms with Crippen LogP contribution in [-0.2, 0) is 11.2 Å². The first-order chi connectivity index (χ1) is 12.7. The Morgan fingerprint density at radius 3 is 2.62 bits per heavy atom. The molecule has 3 rings (SSSR count). The molecule has 6 nitrogen and oxygen atoms in total. The van der Waals surface area contributed by atoms with Crippen LogP contribution in [0.25, 0.3) is 11.5 Å². The van der Waals surface area contributed by atoms with Gasteiger partial charge >= 0.3 is 0 Å². The summed E-state index contributed by atoms with van der Waals surface area (Å²) >= 11 is 0. The average molecular weight is 358 g/mol. The van der Waals surface area contributed by atoms with Crippen LogP contribution in [0, 0.1) is 0 Å². The molecule has 0 aliphatic carbocycles. The predicted octanol–water partition coefficient (Wildman–Crippen LogP) is 3.69. The van der Waals surface area contributed by atoms with Gasteiger partial charge in [-0.25, -0.2) is 4.98 Å². The van der Waals surface area contributed by atoms with Gasteiger partial charge in [0.05, 0.1) is 18.9 Å². The van der Waals surface area contributed by atoms with E-state index in [0.717, 1.165) is 37.2 Å². The zero-order valence-corrected chi connectivity index (χ0v) is 15.5. The van der Waals surface area contributed by atoms with Crippen LogP contribution in [0.1, 0.15) is 38.8 Å². The van der Waals surface area contributed by atoms with E-state index in [1.807, 2.05) is 36.9 Å². The maximum atomic E-state index is 12.1. The zero-order chi connectivity index (χ0) is 18.4. The highest BCUT2D eigenvalue weighted by molar-refractivity contribution is 5.76. The Kier molecular flexibility index (Phi) is 6.15. The average Bonchev–Trinajstić information content (AvgIpc) is 3.34. The van der Waals surface area contributed by atoms with Gasteiger partial charge in [-0.3, -0.25) is 4.79 Å². The lowest BCUT2D eigenvalue weighted by Crippen LogP contribution is -2.27. The number of rotatable bonds is 8. The topological polar surface area (TPSA) is 64.8 Å². The number of hydrogen-bond acceptors (Lipinski definition) is 5. The number of carbonyl (C=O) groups is 1. The van der Waals surface area contributed by atoms with E-state index in [1.165, 1.54) is 0 Å². The number of aryl methyl sites for hydroxylation is 1. The van der Waals surface area contributed by atoms with E-state index in [1.54, 1.807) is 6.26 Å². The van der Waals surface area contributed by atoms with E-state index in [0.29, 0.717) is 43.4 Å². The number of amides is 1. The minimum atomic E-state index is 0.201. The third-order valence-corrected chi connectivity index (χ3v) is 4.40. The van der Waals surface area contributed by atoms with Crippen LogP contribution in [0.15, 0.2) is 28.9 Å². The van der Waals surface area contributed by atoms with E-state index < -0.39 is 0 Å². The molecule has 1 aliphatic heterocycles. The summed E-state index contributed by atoms with van der Waals surface area (Å²) in [6.07, 6.45) is 4.91. The lowest BCUT2D eigenvalue weighted by Gasteiger charge is -2.14. The van der Waals surface area contributed by atoms with Crippen LogP contribution in [0.4, 0.5) is 0 Å². The van der Waals surface area contributed by atoms with Crippen molar-refractivity contribution in [2.75, 3.05) is 26.3 Å². The number of benzene rings is 1. The number of hydrogen-bond donors (Lipinski definition) is 0. The van der Waals surface area contributed by atoms with Gasteiger partial charge in [-0.05, 0) is 44.9 Å². The summed E-state index contributed by atoms with van der Waals surface area (Å²) < 4.78 is 16.8. The van der Waals surface area contributed by atoms with E-state index in [9.17, 15) is 4.79 Å². The minimum absolute atomic E-state index is 0.201. The first-order valence-corrected chi connectivity index (χ1v) is 9.33. The van der Waals surface area contributed by atoms with Crippen LogP contribution in [-0.4, -0.2) is 42.1 Å². The lowest BCUT2D eigenvalue weighted by atomic mass is 10.2. The van der Waals surface area contributed by atoms with Crippen molar-refractivity contribution in [3.63, 3.8) is 0 Å². The van der Waals surface area contributed by atoms with Crippen LogP contribution >= 0.6 is 0 Å². The van der Waals surface area contributed by atoms with Gasteiger partial charge in [-0.1, -0.05) is 0 Å². The van der Waals surface area contributed by atoms with E-state index in [4.69, 9.17) is 13.9 Å². The standard InChI is InChI=1S/C20H26N2O4/c1-3-24-17-9-7-15(13-18(17)25-4-2)20-21-16(14-26-20)8-10-19(23)22-11-5-6-12-22/h7,9,13-14H,3-6,8,10-12H2,1-2H3. The van der Waals surface area contributed by atoms with Gasteiger partial charge in [0.25, 0.3) is 0 Å². The van der Waals surface area contributed by atoms with Gasteiger partial charge in [0, 0.05) is 31.5 Å². The fourth-order valence-electron chi connectivity index (χ4n) is 3.10. The highest BCUT2D eigenvalue weighted by Crippen LogP contribution is 2.32. The predicted molar refractivity (Wildman–Crippen MR) is 98.4 cm³/mol. The van der Waals surface area contributed by atoms with Crippen LogP contribution in [0.2, 0.25) is 0 Å². The normalized spacial score (nSPS) is 13.8. The molecule has 26 heavy (non-hydrogen) atoms. The molecule has 0 bridgehead atoms. The van der Waals surface area contributed by atoms with Crippen molar-refractivity contribution in [2.24, 2.45) is 0 Å². The SMILES string of the molecule is CCOc1ccc(-c2nc(CCC(=O)N3CCCC3)co2)cc1OCC. The Bertz CT molecular complexity index is 735. The molecule has 0 N–H and O–H groups in total. The quantitative estimate of drug-likeness (QED) is 0.720. The second-order valence-electron chi connectivity index (χ2n) is 6.26. The van der Waals surface area contributed by atoms with E-state index in [-0.39, 0.29) is 5.91 Å². The van der Waals surface area contributed by atoms with E-state index >= 15 is 0 Å². The van der Waals surface area contributed by atoms with Crippen LogP contribution in [0.3, 0.4) is 0 Å². The monoisotopic (exact) mass is 358 g/mol. The number of aromatic nitrogens is 1. The third-order valence-electron chi connectivity index (χ3n) is 4.40. The van der Waals surface area contributed by atoms with Crippen molar-refractivity contribution in [3.8, 4) is 23.0 Å². The second-order valence-corrected chi connectivity index (χ2v) is 6.26. The Morgan fingerprint density at radius 2 is 1.88 bits per heavy atom. The number of likely N-dealkylation sites (tertiary alicyclic amines) is 1. The van der Waals surface area contributed by atoms with E-state index in [2.05, 4.69) is 4.98 Å². The number of ether oxygens (including phenoxy) is 2. The minimum Gasteiger partial charge on any atom is -0.490 e. The molecule has 1 fully saturated rings. The van der Waals surface area contributed by atoms with Crippen LogP contribution < -0.4 is 9.47 Å². The van der Waals surface area contributed by atoms with Gasteiger partial charge in [-0.2, -0.15) is 0 Å². The molecule has 0 atom stereocenters. The van der Waals surface area contributed by atoms with Gasteiger partial charge < -0.3 is 18.8 Å². The van der Waals surface area contributed by atoms with Crippen molar-refractivity contribution < 1.29 is 18.7 Å². The Hall–Kier alpha value is -2.50. The summed E-state index contributed by atoms with van der Waals surface area (Å²) in [6.45, 7) is 6.77. The van der Waals surface area contributed by atoms with Crippen LogP contribution in [0.5, 0.6) is 11.5 Å². The highest BCUT2D eigenvalue weighted by atomic mass is 16.5. The highest BCUT2D eigenvalue weighted by Gasteiger charge is 2.18. The smallest absolute Gasteiger partial charge is 0.226 e. The molecule has 0 saturated carbocycles. The molecule has 1 aromatic carbocycles. The largest absolute Gasteiger partial charge is 0.490 e. The van der Waals surface area contributed by atoms with Crippen molar-refractivity contribution in [1.29, 1.82) is 0 Å². The molecule has 0 spiro atoms. The van der Waals surface area contributed by atoms with Crippen molar-refractivity contribution >= 4 is 5.91 Å². The summed E-state index contributed by atoms with van der Waals surface area (Å²) in [5, 5.41) is 0. The summed E-state index contributed by atoms with van der Waals surface area (Å²) in [7, 11) is 0. The molecule has 6 heteroatoms. The molecule has 2 heterocycles. The molecule has 2 aromatic rings. The third kappa shape index (κ3) is 4.36. The molecule has 0 radical (unpaired) electrons. The molecule has 1 amide bonds. The summed E-state index contributed by atoms with van der Waals surface area (Å²) in [5.74, 6) is 2.11. The zero-order valence-electron chi connectivity index (χ0n) is 15.5. The summed E-state index contributed by atoms with van der Waals surface area (Å²) in [5.41, 5.74) is 1.62. The Labute approximate surface area is 154 Å². The summed E-state index contributed by atoms with van der Waals surface area (Å²) in [6, 6.07) is 5.64. The molecule has 1 aliphatic rings. The number of oxazole rings is 1. The molecular weight excluding hydrogens is 332 g/mol. The van der Waals surface area contributed by atoms with Crippen molar-refractivity contribution in [1.82, 2.24) is 9.88 Å². The van der Waals surface area contributed by atoms with Crippen molar-refractivity contribution in [3.05, 3.63) is 30.2 Å². The Morgan fingerprint density at radius 1 is 1.15 bits per heavy atom. The fraction of sp³-hybridized carbons (Fsp3) is 0.500. The van der Waals surface area contributed by atoms with Crippen molar-refractivity contribution in [2.45, 2.75) is 39.5 Å². The first kappa shape index (κ1) is 18.3. The van der Waals surface area contributed by atoms with Gasteiger partial charge in [0.2, 0.25) is 11.8 Å². The maximum Gasteiger partial charge on any atom is 0.226 e. The lowest BCUT2D eigenvalue weighted by molar-refractivity contribution is -0.130. The number of nitrogens with zero attached hydrogens (tertiary/aromatic N) is 2. The molecular formula is C20H26N2O4. The van der Waals surface area contributed by atoms with Gasteiger partial charge in [0.1, 0.15) is 6.26 Å². The molecule has 140 valence electrons. The van der Waals surface area contributed by atoms with Gasteiger partial charge in [0.15, 0.2) is 11.5 Å².